The lowest BCUT2D eigenvalue weighted by molar-refractivity contribution is -0.127. The van der Waals surface area contributed by atoms with E-state index >= 15 is 0 Å². The maximum atomic E-state index is 13.5. The van der Waals surface area contributed by atoms with E-state index in [1.54, 1.807) is 36.4 Å². The Morgan fingerprint density at radius 3 is 2.45 bits per heavy atom. The molecular formula is C24H32N2O4S. The van der Waals surface area contributed by atoms with Gasteiger partial charge in [0.25, 0.3) is 15.9 Å². The lowest BCUT2D eigenvalue weighted by Gasteiger charge is -2.36. The van der Waals surface area contributed by atoms with Crippen LogP contribution in [0.2, 0.25) is 0 Å². The summed E-state index contributed by atoms with van der Waals surface area (Å²) in [5.41, 5.74) is 1.29. The zero-order valence-electron chi connectivity index (χ0n) is 18.9. The highest BCUT2D eigenvalue weighted by Crippen LogP contribution is 2.40. The van der Waals surface area contributed by atoms with E-state index in [1.165, 1.54) is 4.31 Å². The summed E-state index contributed by atoms with van der Waals surface area (Å²) in [6, 6.07) is 13.8. The zero-order valence-corrected chi connectivity index (χ0v) is 19.7. The molecule has 7 heteroatoms. The molecule has 1 unspecified atom stereocenters. The Bertz CT molecular complexity index is 1030. The van der Waals surface area contributed by atoms with E-state index in [4.69, 9.17) is 4.74 Å². The highest BCUT2D eigenvalue weighted by Gasteiger charge is 2.38. The summed E-state index contributed by atoms with van der Waals surface area (Å²) in [7, 11) is -3.86. The Balaban J connectivity index is 2.00. The van der Waals surface area contributed by atoms with Crippen molar-refractivity contribution in [3.8, 4) is 5.75 Å². The van der Waals surface area contributed by atoms with Gasteiger partial charge in [-0.05, 0) is 47.6 Å². The number of sulfonamides is 1. The molecule has 1 aliphatic rings. The molecule has 31 heavy (non-hydrogen) atoms. The Kier molecular flexibility index (Phi) is 6.65. The maximum Gasteiger partial charge on any atom is 0.264 e. The summed E-state index contributed by atoms with van der Waals surface area (Å²) in [4.78, 5) is 13.0. The number of rotatable bonds is 6. The van der Waals surface area contributed by atoms with Gasteiger partial charge >= 0.3 is 0 Å². The number of carbonyl (C=O) groups excluding carboxylic acids is 1. The predicted molar refractivity (Wildman–Crippen MR) is 123 cm³/mol. The third kappa shape index (κ3) is 5.21. The molecule has 0 saturated carbocycles. The van der Waals surface area contributed by atoms with Crippen molar-refractivity contribution in [3.05, 3.63) is 54.1 Å². The molecule has 0 fully saturated rings. The van der Waals surface area contributed by atoms with Crippen LogP contribution in [0.5, 0.6) is 5.75 Å². The van der Waals surface area contributed by atoms with Crippen molar-refractivity contribution < 1.29 is 17.9 Å². The van der Waals surface area contributed by atoms with E-state index in [-0.39, 0.29) is 22.8 Å². The molecular weight excluding hydrogens is 412 g/mol. The third-order valence-electron chi connectivity index (χ3n) is 5.34. The van der Waals surface area contributed by atoms with Crippen molar-refractivity contribution in [2.24, 2.45) is 5.92 Å². The molecule has 168 valence electrons. The summed E-state index contributed by atoms with van der Waals surface area (Å²) in [6.07, 6.45) is -0.0747. The lowest BCUT2D eigenvalue weighted by atomic mass is 9.86. The quantitative estimate of drug-likeness (QED) is 0.728. The van der Waals surface area contributed by atoms with E-state index < -0.39 is 16.1 Å². The lowest BCUT2D eigenvalue weighted by Crippen LogP contribution is -2.51. The molecule has 1 atom stereocenters. The number of ether oxygens (including phenoxy) is 1. The number of benzene rings is 2. The van der Waals surface area contributed by atoms with Crippen LogP contribution in [-0.2, 0) is 20.2 Å². The average molecular weight is 445 g/mol. The molecule has 0 aromatic heterocycles. The zero-order chi connectivity index (χ0) is 22.8. The van der Waals surface area contributed by atoms with Gasteiger partial charge in [-0.1, -0.05) is 58.9 Å². The van der Waals surface area contributed by atoms with Crippen molar-refractivity contribution in [3.63, 3.8) is 0 Å². The average Bonchev–Trinajstić information content (AvgIpc) is 2.72. The van der Waals surface area contributed by atoms with E-state index in [1.807, 2.05) is 12.1 Å². The summed E-state index contributed by atoms with van der Waals surface area (Å²) in [5.74, 6) is 0.543. The van der Waals surface area contributed by atoms with E-state index in [9.17, 15) is 13.2 Å². The highest BCUT2D eigenvalue weighted by atomic mass is 32.2. The van der Waals surface area contributed by atoms with Gasteiger partial charge in [-0.3, -0.25) is 9.10 Å². The molecule has 0 bridgehead atoms. The molecule has 1 aliphatic heterocycles. The largest absolute Gasteiger partial charge is 0.476 e. The monoisotopic (exact) mass is 444 g/mol. The minimum Gasteiger partial charge on any atom is -0.476 e. The van der Waals surface area contributed by atoms with Crippen LogP contribution in [0.3, 0.4) is 0 Å². The summed E-state index contributed by atoms with van der Waals surface area (Å²) >= 11 is 0. The molecule has 1 N–H and O–H groups in total. The molecule has 0 saturated heterocycles. The van der Waals surface area contributed by atoms with Crippen LogP contribution in [0.25, 0.3) is 0 Å². The molecule has 1 heterocycles. The molecule has 2 aromatic rings. The van der Waals surface area contributed by atoms with Crippen molar-refractivity contribution >= 4 is 21.6 Å². The van der Waals surface area contributed by atoms with Gasteiger partial charge in [-0.25, -0.2) is 8.42 Å². The van der Waals surface area contributed by atoms with E-state index in [2.05, 4.69) is 39.9 Å². The van der Waals surface area contributed by atoms with Gasteiger partial charge in [0.05, 0.1) is 17.1 Å². The van der Waals surface area contributed by atoms with Gasteiger partial charge in [0.15, 0.2) is 6.10 Å². The predicted octanol–water partition coefficient (Wildman–Crippen LogP) is 4.10. The molecule has 6 nitrogen and oxygen atoms in total. The summed E-state index contributed by atoms with van der Waals surface area (Å²) < 4.78 is 34.3. The second-order valence-corrected chi connectivity index (χ2v) is 11.2. The fraction of sp³-hybridized carbons (Fsp3) is 0.458. The summed E-state index contributed by atoms with van der Waals surface area (Å²) in [6.45, 7) is 10.8. The van der Waals surface area contributed by atoms with Gasteiger partial charge in [0.2, 0.25) is 0 Å². The third-order valence-corrected chi connectivity index (χ3v) is 7.13. The molecule has 0 radical (unpaired) electrons. The number of carbonyl (C=O) groups is 1. The van der Waals surface area contributed by atoms with Crippen LogP contribution in [0, 0.1) is 5.92 Å². The molecule has 0 aliphatic carbocycles. The topological polar surface area (TPSA) is 75.7 Å². The maximum absolute atomic E-state index is 13.5. The summed E-state index contributed by atoms with van der Waals surface area (Å²) in [5, 5.41) is 2.88. The first-order valence-electron chi connectivity index (χ1n) is 10.7. The van der Waals surface area contributed by atoms with Crippen LogP contribution in [-0.4, -0.2) is 33.5 Å². The van der Waals surface area contributed by atoms with Gasteiger partial charge in [0, 0.05) is 6.54 Å². The van der Waals surface area contributed by atoms with Gasteiger partial charge in [-0.15, -0.1) is 0 Å². The Labute approximate surface area is 185 Å². The highest BCUT2D eigenvalue weighted by molar-refractivity contribution is 7.92. The molecule has 2 aromatic carbocycles. The van der Waals surface area contributed by atoms with Crippen LogP contribution >= 0.6 is 0 Å². The second kappa shape index (κ2) is 8.91. The molecule has 3 rings (SSSR count). The van der Waals surface area contributed by atoms with E-state index in [0.29, 0.717) is 23.9 Å². The first-order valence-corrected chi connectivity index (χ1v) is 12.1. The second-order valence-electron chi connectivity index (χ2n) is 9.36. The standard InChI is InChI=1S/C24H32N2O4S/c1-17(2)13-14-25-23(27)22-16-26(31(28,29)19-9-7-6-8-10-19)20-15-18(24(3,4)5)11-12-21(20)30-22/h6-12,15,17,22H,13-14,16H2,1-5H3,(H,25,27). The van der Waals surface area contributed by atoms with Gasteiger partial charge in [0.1, 0.15) is 5.75 Å². The minimum absolute atomic E-state index is 0.0780. The number of hydrogen-bond acceptors (Lipinski definition) is 4. The number of nitrogens with one attached hydrogen (secondary N) is 1. The smallest absolute Gasteiger partial charge is 0.264 e. The van der Waals surface area contributed by atoms with Crippen molar-refractivity contribution in [2.45, 2.75) is 57.5 Å². The normalized spacial score (nSPS) is 16.6. The molecule has 1 amide bonds. The Hall–Kier alpha value is -2.54. The van der Waals surface area contributed by atoms with E-state index in [0.717, 1.165) is 12.0 Å². The van der Waals surface area contributed by atoms with Gasteiger partial charge < -0.3 is 10.1 Å². The Morgan fingerprint density at radius 2 is 1.84 bits per heavy atom. The SMILES string of the molecule is CC(C)CCNC(=O)C1CN(S(=O)(=O)c2ccccc2)c2cc(C(C)(C)C)ccc2O1. The van der Waals surface area contributed by atoms with Crippen LogP contribution in [0.4, 0.5) is 5.69 Å². The van der Waals surface area contributed by atoms with Crippen molar-refractivity contribution in [2.75, 3.05) is 17.4 Å². The fourth-order valence-corrected chi connectivity index (χ4v) is 4.89. The number of fused-ring (bicyclic) bond motifs is 1. The van der Waals surface area contributed by atoms with Crippen LogP contribution in [0.1, 0.15) is 46.6 Å². The number of hydrogen-bond donors (Lipinski definition) is 1. The molecule has 0 spiro atoms. The van der Waals surface area contributed by atoms with Gasteiger partial charge in [-0.2, -0.15) is 0 Å². The first kappa shape index (κ1) is 23.1. The van der Waals surface area contributed by atoms with Crippen LogP contribution in [0.15, 0.2) is 53.4 Å². The Morgan fingerprint density at radius 1 is 1.16 bits per heavy atom. The number of nitrogens with zero attached hydrogens (tertiary/aromatic N) is 1. The van der Waals surface area contributed by atoms with Crippen LogP contribution < -0.4 is 14.4 Å². The minimum atomic E-state index is -3.86. The van der Waals surface area contributed by atoms with Crippen molar-refractivity contribution in [1.29, 1.82) is 0 Å². The fourth-order valence-electron chi connectivity index (χ4n) is 3.40. The number of amides is 1. The number of anilines is 1. The van der Waals surface area contributed by atoms with Crippen molar-refractivity contribution in [1.82, 2.24) is 5.32 Å². The first-order chi connectivity index (χ1) is 14.5.